The fourth-order valence-corrected chi connectivity index (χ4v) is 3.86. The van der Waals surface area contributed by atoms with Crippen molar-refractivity contribution in [1.29, 1.82) is 0 Å². The van der Waals surface area contributed by atoms with E-state index in [4.69, 9.17) is 9.73 Å². The highest BCUT2D eigenvalue weighted by Gasteiger charge is 2.08. The number of aromatic nitrogens is 1. The largest absolute Gasteiger partial charge is 0.497 e. The van der Waals surface area contributed by atoms with Gasteiger partial charge in [0.15, 0.2) is 0 Å². The summed E-state index contributed by atoms with van der Waals surface area (Å²) < 4.78 is 7.22. The molecule has 2 heterocycles. The predicted octanol–water partition coefficient (Wildman–Crippen LogP) is 5.40. The van der Waals surface area contributed by atoms with Crippen molar-refractivity contribution in [1.82, 2.24) is 4.68 Å². The van der Waals surface area contributed by atoms with Crippen molar-refractivity contribution in [3.63, 3.8) is 0 Å². The van der Waals surface area contributed by atoms with Crippen LogP contribution >= 0.6 is 22.7 Å². The Morgan fingerprint density at radius 3 is 2.80 bits per heavy atom. The molecule has 0 bridgehead atoms. The lowest BCUT2D eigenvalue weighted by Gasteiger charge is -2.03. The topological polar surface area (TPSA) is 38.9 Å². The van der Waals surface area contributed by atoms with E-state index in [1.54, 1.807) is 29.8 Å². The summed E-state index contributed by atoms with van der Waals surface area (Å²) in [7, 11) is 1.66. The minimum Gasteiger partial charge on any atom is -0.497 e. The van der Waals surface area contributed by atoms with Crippen LogP contribution in [-0.2, 0) is 0 Å². The molecule has 2 aromatic heterocycles. The second-order valence-electron chi connectivity index (χ2n) is 5.93. The third-order valence-corrected chi connectivity index (χ3v) is 5.22. The van der Waals surface area contributed by atoms with E-state index < -0.39 is 0 Å². The average Bonchev–Trinajstić information content (AvgIpc) is 3.25. The number of rotatable bonds is 6. The highest BCUT2D eigenvalue weighted by atomic mass is 32.1. The molecular weight excluding hydrogens is 350 g/mol. The van der Waals surface area contributed by atoms with E-state index in [-0.39, 0.29) is 0 Å². The summed E-state index contributed by atoms with van der Waals surface area (Å²) in [5, 5.41) is 8.87. The van der Waals surface area contributed by atoms with Crippen molar-refractivity contribution in [3.05, 3.63) is 52.0 Å². The van der Waals surface area contributed by atoms with Crippen molar-refractivity contribution in [2.75, 3.05) is 7.11 Å². The Hall–Kier alpha value is -2.18. The minimum atomic E-state index is 0.576. The Labute approximate surface area is 155 Å². The number of thiophene rings is 1. The fraction of sp³-hybridized carbons (Fsp3) is 0.263. The predicted molar refractivity (Wildman–Crippen MR) is 107 cm³/mol. The van der Waals surface area contributed by atoms with Gasteiger partial charge in [0.2, 0.25) is 4.80 Å². The van der Waals surface area contributed by atoms with Crippen molar-refractivity contribution in [2.24, 2.45) is 16.0 Å². The first kappa shape index (κ1) is 17.6. The van der Waals surface area contributed by atoms with E-state index in [9.17, 15) is 0 Å². The molecule has 3 aromatic rings. The van der Waals surface area contributed by atoms with Gasteiger partial charge >= 0.3 is 0 Å². The second kappa shape index (κ2) is 8.27. The summed E-state index contributed by atoms with van der Waals surface area (Å²) in [6.07, 6.45) is 2.91. The van der Waals surface area contributed by atoms with Gasteiger partial charge in [0.25, 0.3) is 0 Å². The molecule has 0 saturated carbocycles. The maximum atomic E-state index is 5.29. The molecule has 0 atom stereocenters. The van der Waals surface area contributed by atoms with Crippen LogP contribution < -0.4 is 9.54 Å². The van der Waals surface area contributed by atoms with Crippen molar-refractivity contribution < 1.29 is 4.74 Å². The van der Waals surface area contributed by atoms with Crippen LogP contribution in [0.5, 0.6) is 5.75 Å². The third-order valence-electron chi connectivity index (χ3n) is 3.51. The molecule has 0 unspecified atom stereocenters. The molecular formula is C19H21N3OS2. The second-order valence-corrected chi connectivity index (χ2v) is 7.72. The van der Waals surface area contributed by atoms with Gasteiger partial charge in [-0.25, -0.2) is 9.67 Å². The summed E-state index contributed by atoms with van der Waals surface area (Å²) in [6, 6.07) is 11.9. The van der Waals surface area contributed by atoms with E-state index in [0.717, 1.165) is 28.4 Å². The third kappa shape index (κ3) is 4.46. The molecule has 1 aromatic carbocycles. The lowest BCUT2D eigenvalue weighted by molar-refractivity contribution is 0.415. The SMILES string of the molecule is COc1cccc(N=c2scc(-c3cccs3)n2N=CCC(C)C)c1. The van der Waals surface area contributed by atoms with Crippen molar-refractivity contribution in [2.45, 2.75) is 20.3 Å². The first-order valence-corrected chi connectivity index (χ1v) is 9.89. The molecule has 3 rings (SSSR count). The Kier molecular flexibility index (Phi) is 5.83. The summed E-state index contributed by atoms with van der Waals surface area (Å²) in [4.78, 5) is 6.80. The van der Waals surface area contributed by atoms with Crippen LogP contribution in [0.3, 0.4) is 0 Å². The van der Waals surface area contributed by atoms with E-state index in [2.05, 4.69) is 41.8 Å². The van der Waals surface area contributed by atoms with Crippen LogP contribution in [0.25, 0.3) is 10.6 Å². The number of nitrogens with zero attached hydrogens (tertiary/aromatic N) is 3. The highest BCUT2D eigenvalue weighted by Crippen LogP contribution is 2.26. The van der Waals surface area contributed by atoms with Gasteiger partial charge in [0.05, 0.1) is 23.4 Å². The normalized spacial score (nSPS) is 12.4. The smallest absolute Gasteiger partial charge is 0.211 e. The van der Waals surface area contributed by atoms with Crippen molar-refractivity contribution >= 4 is 34.6 Å². The van der Waals surface area contributed by atoms with Crippen LogP contribution in [-0.4, -0.2) is 18.0 Å². The van der Waals surface area contributed by atoms with E-state index in [1.807, 2.05) is 35.2 Å². The molecule has 0 amide bonds. The number of methoxy groups -OCH3 is 1. The van der Waals surface area contributed by atoms with Gasteiger partial charge in [0.1, 0.15) is 5.75 Å². The van der Waals surface area contributed by atoms with Crippen LogP contribution in [0.15, 0.2) is 57.3 Å². The molecule has 6 heteroatoms. The van der Waals surface area contributed by atoms with Gasteiger partial charge in [-0.2, -0.15) is 5.10 Å². The van der Waals surface area contributed by atoms with Gasteiger partial charge in [-0.05, 0) is 35.9 Å². The van der Waals surface area contributed by atoms with Gasteiger partial charge in [-0.3, -0.25) is 0 Å². The zero-order valence-corrected chi connectivity index (χ0v) is 16.2. The van der Waals surface area contributed by atoms with Gasteiger partial charge in [-0.1, -0.05) is 26.0 Å². The lowest BCUT2D eigenvalue weighted by atomic mass is 10.2. The number of thiazole rings is 1. The number of ether oxygens (including phenoxy) is 1. The lowest BCUT2D eigenvalue weighted by Crippen LogP contribution is -2.11. The molecule has 0 aliphatic carbocycles. The molecule has 4 nitrogen and oxygen atoms in total. The van der Waals surface area contributed by atoms with Crippen LogP contribution in [0.1, 0.15) is 20.3 Å². The highest BCUT2D eigenvalue weighted by molar-refractivity contribution is 7.14. The van der Waals surface area contributed by atoms with E-state index in [1.165, 1.54) is 4.88 Å². The maximum Gasteiger partial charge on any atom is 0.211 e. The van der Waals surface area contributed by atoms with E-state index in [0.29, 0.717) is 5.92 Å². The molecule has 0 saturated heterocycles. The van der Waals surface area contributed by atoms with Crippen LogP contribution in [0, 0.1) is 5.92 Å². The molecule has 0 fully saturated rings. The first-order valence-electron chi connectivity index (χ1n) is 8.13. The number of hydrogen-bond acceptors (Lipinski definition) is 5. The quantitative estimate of drug-likeness (QED) is 0.535. The Morgan fingerprint density at radius 1 is 1.20 bits per heavy atom. The summed E-state index contributed by atoms with van der Waals surface area (Å²) >= 11 is 3.30. The zero-order valence-electron chi connectivity index (χ0n) is 14.5. The molecule has 25 heavy (non-hydrogen) atoms. The molecule has 0 N–H and O–H groups in total. The van der Waals surface area contributed by atoms with Gasteiger partial charge < -0.3 is 4.74 Å². The molecule has 0 radical (unpaired) electrons. The van der Waals surface area contributed by atoms with Gasteiger partial charge in [-0.15, -0.1) is 22.7 Å². The first-order chi connectivity index (χ1) is 12.2. The number of benzene rings is 1. The minimum absolute atomic E-state index is 0.576. The standard InChI is InChI=1S/C19H21N3OS2/c1-14(2)9-10-20-22-17(18-8-5-11-24-18)13-25-19(22)21-15-6-4-7-16(12-15)23-3/h4-8,10-14H,9H2,1-3H3. The summed E-state index contributed by atoms with van der Waals surface area (Å²) in [5.41, 5.74) is 1.92. The number of hydrogen-bond donors (Lipinski definition) is 0. The summed E-state index contributed by atoms with van der Waals surface area (Å²) in [6.45, 7) is 4.37. The van der Waals surface area contributed by atoms with Crippen LogP contribution in [0.2, 0.25) is 0 Å². The molecule has 0 aliphatic rings. The van der Waals surface area contributed by atoms with E-state index >= 15 is 0 Å². The fourth-order valence-electron chi connectivity index (χ4n) is 2.21. The van der Waals surface area contributed by atoms with Crippen LogP contribution in [0.4, 0.5) is 5.69 Å². The molecule has 0 spiro atoms. The monoisotopic (exact) mass is 371 g/mol. The Bertz CT molecular complexity index is 905. The summed E-state index contributed by atoms with van der Waals surface area (Å²) in [5.74, 6) is 1.37. The van der Waals surface area contributed by atoms with Crippen molar-refractivity contribution in [3.8, 4) is 16.3 Å². The Morgan fingerprint density at radius 2 is 2.08 bits per heavy atom. The van der Waals surface area contributed by atoms with Gasteiger partial charge in [0, 0.05) is 17.7 Å². The maximum absolute atomic E-state index is 5.29. The molecule has 130 valence electrons. The Balaban J connectivity index is 2.06. The zero-order chi connectivity index (χ0) is 17.6. The molecule has 0 aliphatic heterocycles. The average molecular weight is 372 g/mol.